The Hall–Kier alpha value is -2.29. The standard InChI is InChI=1S/C38H56O6S2/c1-22-30(44-33(40)42-22)21-41-23(2)43-32-28(36(9,10)11)19-25(20-29(32)37(12,13)14)46-38(15,16)45-24-17-26(34(3,4)5)31(39)27(18-24)35(6,7)8/h17-20,23,39H,21H2,1-16H3. The first kappa shape index (κ1) is 38.2. The van der Waals surface area contributed by atoms with E-state index in [9.17, 15) is 9.90 Å². The minimum Gasteiger partial charge on any atom is -0.507 e. The molecule has 0 saturated carbocycles. The first-order valence-electron chi connectivity index (χ1n) is 16.0. The molecule has 0 spiro atoms. The van der Waals surface area contributed by atoms with E-state index >= 15 is 0 Å². The molecule has 0 aliphatic carbocycles. The number of benzene rings is 2. The van der Waals surface area contributed by atoms with Gasteiger partial charge in [-0.05, 0) is 73.6 Å². The van der Waals surface area contributed by atoms with Crippen molar-refractivity contribution in [2.45, 2.75) is 159 Å². The van der Waals surface area contributed by atoms with Gasteiger partial charge in [-0.25, -0.2) is 4.79 Å². The molecule has 1 unspecified atom stereocenters. The van der Waals surface area contributed by atoms with Crippen LogP contribution in [0.2, 0.25) is 0 Å². The predicted molar refractivity (Wildman–Crippen MR) is 192 cm³/mol. The Kier molecular flexibility index (Phi) is 11.0. The number of phenols is 1. The number of phenolic OH excluding ortho intramolecular Hbond substituents is 1. The van der Waals surface area contributed by atoms with Crippen LogP contribution in [0.3, 0.4) is 0 Å². The second-order valence-electron chi connectivity index (χ2n) is 16.7. The summed E-state index contributed by atoms with van der Waals surface area (Å²) in [7, 11) is 0. The summed E-state index contributed by atoms with van der Waals surface area (Å²) in [5.41, 5.74) is 3.33. The Morgan fingerprint density at radius 3 is 1.43 bits per heavy atom. The summed E-state index contributed by atoms with van der Waals surface area (Å²) < 4.78 is 22.4. The van der Waals surface area contributed by atoms with Crippen molar-refractivity contribution >= 4 is 23.5 Å². The maximum Gasteiger partial charge on any atom is 0.519 e. The summed E-state index contributed by atoms with van der Waals surface area (Å²) >= 11 is 3.65. The molecule has 3 aromatic rings. The quantitative estimate of drug-likeness (QED) is 0.178. The third kappa shape index (κ3) is 9.63. The zero-order valence-electron chi connectivity index (χ0n) is 30.9. The van der Waals surface area contributed by atoms with Crippen LogP contribution in [0.15, 0.2) is 47.7 Å². The molecule has 0 amide bonds. The lowest BCUT2D eigenvalue weighted by atomic mass is 9.79. The molecule has 8 heteroatoms. The molecule has 0 aliphatic heterocycles. The number of hydrogen-bond donors (Lipinski definition) is 1. The molecule has 3 rings (SSSR count). The average molecular weight is 673 g/mol. The van der Waals surface area contributed by atoms with Crippen LogP contribution in [0, 0.1) is 6.92 Å². The molecule has 0 saturated heterocycles. The zero-order chi connectivity index (χ0) is 35.2. The highest BCUT2D eigenvalue weighted by Crippen LogP contribution is 2.51. The van der Waals surface area contributed by atoms with Crippen LogP contribution in [-0.4, -0.2) is 15.5 Å². The van der Waals surface area contributed by atoms with Gasteiger partial charge in [0.15, 0.2) is 12.1 Å². The van der Waals surface area contributed by atoms with Gasteiger partial charge in [0.25, 0.3) is 0 Å². The van der Waals surface area contributed by atoms with Gasteiger partial charge in [0, 0.05) is 32.0 Å². The Morgan fingerprint density at radius 2 is 1.09 bits per heavy atom. The summed E-state index contributed by atoms with van der Waals surface area (Å²) in [6.45, 7) is 34.2. The average Bonchev–Trinajstić information content (AvgIpc) is 3.17. The topological polar surface area (TPSA) is 82.0 Å². The molecule has 0 fully saturated rings. The van der Waals surface area contributed by atoms with E-state index in [4.69, 9.17) is 18.3 Å². The van der Waals surface area contributed by atoms with E-state index in [-0.39, 0.29) is 32.3 Å². The third-order valence-corrected chi connectivity index (χ3v) is 10.1. The smallest absolute Gasteiger partial charge is 0.507 e. The lowest BCUT2D eigenvalue weighted by Gasteiger charge is -2.33. The van der Waals surface area contributed by atoms with Gasteiger partial charge < -0.3 is 23.4 Å². The van der Waals surface area contributed by atoms with Gasteiger partial charge in [0.1, 0.15) is 23.9 Å². The van der Waals surface area contributed by atoms with Crippen molar-refractivity contribution in [3.05, 3.63) is 68.7 Å². The fourth-order valence-corrected chi connectivity index (χ4v) is 7.79. The summed E-state index contributed by atoms with van der Waals surface area (Å²) in [6, 6.07) is 8.82. The largest absolute Gasteiger partial charge is 0.519 e. The number of rotatable bonds is 9. The monoisotopic (exact) mass is 672 g/mol. The van der Waals surface area contributed by atoms with Gasteiger partial charge in [-0.3, -0.25) is 0 Å². The molecule has 0 radical (unpaired) electrons. The summed E-state index contributed by atoms with van der Waals surface area (Å²) in [5.74, 6) is 1.24. The fraction of sp³-hybridized carbons (Fsp3) is 0.605. The molecule has 0 bridgehead atoms. The molecule has 2 aromatic carbocycles. The van der Waals surface area contributed by atoms with Crippen molar-refractivity contribution in [3.8, 4) is 11.5 Å². The SMILES string of the molecule is Cc1oc(=O)oc1COC(C)Oc1c(C(C)(C)C)cc(SC(C)(C)Sc2cc(C(C)(C)C)c(O)c(C(C)(C)C)c2)cc1C(C)(C)C. The van der Waals surface area contributed by atoms with Crippen molar-refractivity contribution in [3.63, 3.8) is 0 Å². The van der Waals surface area contributed by atoms with E-state index in [0.29, 0.717) is 17.3 Å². The molecule has 0 aliphatic rings. The highest BCUT2D eigenvalue weighted by Gasteiger charge is 2.33. The summed E-state index contributed by atoms with van der Waals surface area (Å²) in [4.78, 5) is 13.8. The van der Waals surface area contributed by atoms with Crippen LogP contribution in [0.1, 0.15) is 138 Å². The van der Waals surface area contributed by atoms with Gasteiger partial charge in [0.05, 0.1) is 4.08 Å². The highest BCUT2D eigenvalue weighted by atomic mass is 32.2. The van der Waals surface area contributed by atoms with Crippen molar-refractivity contribution < 1.29 is 23.4 Å². The van der Waals surface area contributed by atoms with Crippen LogP contribution >= 0.6 is 23.5 Å². The van der Waals surface area contributed by atoms with E-state index in [1.54, 1.807) is 6.92 Å². The van der Waals surface area contributed by atoms with E-state index in [1.807, 2.05) is 30.4 Å². The fourth-order valence-electron chi connectivity index (χ4n) is 5.20. The number of ether oxygens (including phenoxy) is 2. The van der Waals surface area contributed by atoms with Crippen molar-refractivity contribution in [1.82, 2.24) is 0 Å². The lowest BCUT2D eigenvalue weighted by molar-refractivity contribution is -0.0823. The second-order valence-corrected chi connectivity index (χ2v) is 20.4. The number of aryl methyl sites for hydroxylation is 1. The second kappa shape index (κ2) is 13.3. The lowest BCUT2D eigenvalue weighted by Crippen LogP contribution is -2.24. The van der Waals surface area contributed by atoms with Crippen LogP contribution in [0.25, 0.3) is 0 Å². The van der Waals surface area contributed by atoms with Crippen LogP contribution < -0.4 is 10.6 Å². The maximum atomic E-state index is 11.5. The molecule has 1 aromatic heterocycles. The number of thioether (sulfide) groups is 2. The normalized spacial score (nSPS) is 14.1. The van der Waals surface area contributed by atoms with Crippen LogP contribution in [-0.2, 0) is 33.0 Å². The zero-order valence-corrected chi connectivity index (χ0v) is 32.5. The van der Waals surface area contributed by atoms with Crippen molar-refractivity contribution in [1.29, 1.82) is 0 Å². The third-order valence-electron chi connectivity index (χ3n) is 7.67. The molecule has 1 heterocycles. The van der Waals surface area contributed by atoms with Gasteiger partial charge in [-0.1, -0.05) is 83.1 Å². The molecular formula is C38H56O6S2. The highest BCUT2D eigenvalue weighted by molar-refractivity contribution is 8.18. The number of aromatic hydroxyl groups is 1. The van der Waals surface area contributed by atoms with E-state index in [1.165, 1.54) is 0 Å². The van der Waals surface area contributed by atoms with Gasteiger partial charge in [-0.2, -0.15) is 0 Å². The van der Waals surface area contributed by atoms with Crippen LogP contribution in [0.5, 0.6) is 11.5 Å². The molecule has 6 nitrogen and oxygen atoms in total. The summed E-state index contributed by atoms with van der Waals surface area (Å²) in [5, 5.41) is 11.3. The molecule has 1 N–H and O–H groups in total. The number of hydrogen-bond acceptors (Lipinski definition) is 8. The van der Waals surface area contributed by atoms with E-state index in [2.05, 4.69) is 121 Å². The Morgan fingerprint density at radius 1 is 0.696 bits per heavy atom. The van der Waals surface area contributed by atoms with E-state index < -0.39 is 12.1 Å². The van der Waals surface area contributed by atoms with E-state index in [0.717, 1.165) is 37.8 Å². The Balaban J connectivity index is 2.01. The first-order valence-corrected chi connectivity index (χ1v) is 17.6. The minimum absolute atomic E-state index is 0.0684. The summed E-state index contributed by atoms with van der Waals surface area (Å²) in [6.07, 6.45) is -0.601. The Bertz CT molecular complexity index is 1510. The molecule has 256 valence electrons. The van der Waals surface area contributed by atoms with Gasteiger partial charge >= 0.3 is 5.82 Å². The van der Waals surface area contributed by atoms with Gasteiger partial charge in [0.2, 0.25) is 0 Å². The molecule has 46 heavy (non-hydrogen) atoms. The Labute approximate surface area is 285 Å². The van der Waals surface area contributed by atoms with Gasteiger partial charge in [-0.15, -0.1) is 23.5 Å². The minimum atomic E-state index is -0.737. The first-order chi connectivity index (χ1) is 20.7. The molecule has 1 atom stereocenters. The maximum absolute atomic E-state index is 11.5. The predicted octanol–water partition coefficient (Wildman–Crippen LogP) is 11.0. The molecular weight excluding hydrogens is 617 g/mol. The van der Waals surface area contributed by atoms with Crippen molar-refractivity contribution in [2.75, 3.05) is 0 Å². The van der Waals surface area contributed by atoms with Crippen LogP contribution in [0.4, 0.5) is 0 Å². The van der Waals surface area contributed by atoms with Crippen molar-refractivity contribution in [2.24, 2.45) is 0 Å².